The second-order valence-electron chi connectivity index (χ2n) is 6.68. The number of hydrogen-bond acceptors (Lipinski definition) is 5. The van der Waals surface area contributed by atoms with Gasteiger partial charge in [-0.2, -0.15) is 5.10 Å². The molecule has 2 N–H and O–H groups in total. The van der Waals surface area contributed by atoms with Gasteiger partial charge in [-0.05, 0) is 29.8 Å². The van der Waals surface area contributed by atoms with Gasteiger partial charge in [-0.25, -0.2) is 4.68 Å². The minimum Gasteiger partial charge on any atom is -0.497 e. The first-order valence-electron chi connectivity index (χ1n) is 9.16. The molecule has 8 nitrogen and oxygen atoms in total. The molecule has 0 fully saturated rings. The van der Waals surface area contributed by atoms with Crippen molar-refractivity contribution in [3.05, 3.63) is 53.7 Å². The molecular weight excluding hydrogens is 408 g/mol. The number of methoxy groups -OCH3 is 2. The highest BCUT2D eigenvalue weighted by Crippen LogP contribution is 2.36. The molecule has 0 bridgehead atoms. The first kappa shape index (κ1) is 19.8. The van der Waals surface area contributed by atoms with Crippen LogP contribution in [0.2, 0.25) is 5.02 Å². The predicted molar refractivity (Wildman–Crippen MR) is 113 cm³/mol. The molecule has 1 aromatic heterocycles. The maximum atomic E-state index is 13.0. The molecule has 9 heteroatoms. The summed E-state index contributed by atoms with van der Waals surface area (Å²) in [4.78, 5) is 25.4. The molecule has 154 valence electrons. The largest absolute Gasteiger partial charge is 0.497 e. The van der Waals surface area contributed by atoms with Gasteiger partial charge in [0.2, 0.25) is 11.8 Å². The smallest absolute Gasteiger partial charge is 0.249 e. The molecule has 2 heterocycles. The SMILES string of the molecule is COc1ccc(NC(=O)[C@@H]2CC(=O)Nc3c(-c4ccc(Cl)cc4)cnn32)c(OC)c1. The molecule has 0 aliphatic carbocycles. The third-order valence-corrected chi connectivity index (χ3v) is 5.10. The third-order valence-electron chi connectivity index (χ3n) is 4.85. The summed E-state index contributed by atoms with van der Waals surface area (Å²) >= 11 is 5.96. The zero-order valence-electron chi connectivity index (χ0n) is 16.3. The molecule has 0 spiro atoms. The van der Waals surface area contributed by atoms with Crippen molar-refractivity contribution in [2.45, 2.75) is 12.5 Å². The fourth-order valence-electron chi connectivity index (χ4n) is 3.33. The Morgan fingerprint density at radius 3 is 2.67 bits per heavy atom. The minimum absolute atomic E-state index is 0.0287. The summed E-state index contributed by atoms with van der Waals surface area (Å²) in [5, 5.41) is 10.6. The van der Waals surface area contributed by atoms with Gasteiger partial charge in [0, 0.05) is 16.7 Å². The summed E-state index contributed by atoms with van der Waals surface area (Å²) in [6, 6.07) is 11.4. The van der Waals surface area contributed by atoms with E-state index < -0.39 is 6.04 Å². The number of benzene rings is 2. The zero-order chi connectivity index (χ0) is 21.3. The topological polar surface area (TPSA) is 94.5 Å². The van der Waals surface area contributed by atoms with Crippen LogP contribution in [-0.4, -0.2) is 35.8 Å². The minimum atomic E-state index is -0.804. The van der Waals surface area contributed by atoms with Gasteiger partial charge in [-0.15, -0.1) is 0 Å². The van der Waals surface area contributed by atoms with E-state index >= 15 is 0 Å². The quantitative estimate of drug-likeness (QED) is 0.648. The number of rotatable bonds is 5. The van der Waals surface area contributed by atoms with E-state index in [1.165, 1.54) is 11.8 Å². The van der Waals surface area contributed by atoms with Crippen molar-refractivity contribution in [1.29, 1.82) is 0 Å². The van der Waals surface area contributed by atoms with Crippen LogP contribution in [0.4, 0.5) is 11.5 Å². The molecule has 0 saturated heterocycles. The molecule has 1 atom stereocenters. The number of nitrogens with one attached hydrogen (secondary N) is 2. The highest BCUT2D eigenvalue weighted by Gasteiger charge is 2.33. The summed E-state index contributed by atoms with van der Waals surface area (Å²) in [7, 11) is 3.05. The molecule has 4 rings (SSSR count). The van der Waals surface area contributed by atoms with E-state index in [1.54, 1.807) is 43.6 Å². The monoisotopic (exact) mass is 426 g/mol. The lowest BCUT2D eigenvalue weighted by atomic mass is 10.1. The van der Waals surface area contributed by atoms with Crippen LogP contribution in [0.5, 0.6) is 11.5 Å². The summed E-state index contributed by atoms with van der Waals surface area (Å²) in [6.07, 6.45) is 1.59. The normalized spacial score (nSPS) is 15.2. The van der Waals surface area contributed by atoms with Crippen LogP contribution in [0.25, 0.3) is 11.1 Å². The second kappa shape index (κ2) is 8.08. The van der Waals surface area contributed by atoms with Crippen LogP contribution in [0.3, 0.4) is 0 Å². The van der Waals surface area contributed by atoms with Crippen molar-refractivity contribution in [1.82, 2.24) is 9.78 Å². The number of ether oxygens (including phenoxy) is 2. The van der Waals surface area contributed by atoms with Gasteiger partial charge in [0.15, 0.2) is 0 Å². The molecule has 0 saturated carbocycles. The van der Waals surface area contributed by atoms with Crippen molar-refractivity contribution in [2.24, 2.45) is 0 Å². The molecule has 3 aromatic rings. The second-order valence-corrected chi connectivity index (χ2v) is 7.12. The Labute approximate surface area is 177 Å². The first-order chi connectivity index (χ1) is 14.5. The molecule has 30 heavy (non-hydrogen) atoms. The highest BCUT2D eigenvalue weighted by atomic mass is 35.5. The molecule has 1 aliphatic rings. The fourth-order valence-corrected chi connectivity index (χ4v) is 3.46. The summed E-state index contributed by atoms with van der Waals surface area (Å²) in [5.74, 6) is 0.880. The number of amides is 2. The average molecular weight is 427 g/mol. The Kier molecular flexibility index (Phi) is 5.33. The van der Waals surface area contributed by atoms with Gasteiger partial charge >= 0.3 is 0 Å². The molecule has 2 aromatic carbocycles. The van der Waals surface area contributed by atoms with Gasteiger partial charge in [-0.3, -0.25) is 9.59 Å². The van der Waals surface area contributed by atoms with Gasteiger partial charge in [0.25, 0.3) is 0 Å². The van der Waals surface area contributed by atoms with E-state index in [0.717, 1.165) is 5.56 Å². The predicted octanol–water partition coefficient (Wildman–Crippen LogP) is 3.74. The molecule has 1 aliphatic heterocycles. The van der Waals surface area contributed by atoms with Gasteiger partial charge in [-0.1, -0.05) is 23.7 Å². The standard InChI is InChI=1S/C21H19ClN4O4/c1-29-14-7-8-16(18(9-14)30-2)24-21(28)17-10-19(27)25-20-15(11-23-26(17)20)12-3-5-13(22)6-4-12/h3-9,11,17H,10H2,1-2H3,(H,24,28)(H,25,27)/t17-/m0/s1. The Bertz CT molecular complexity index is 1110. The number of nitrogens with zero attached hydrogens (tertiary/aromatic N) is 2. The highest BCUT2D eigenvalue weighted by molar-refractivity contribution is 6.30. The maximum absolute atomic E-state index is 13.0. The van der Waals surface area contributed by atoms with Gasteiger partial charge in [0.1, 0.15) is 23.4 Å². The van der Waals surface area contributed by atoms with E-state index in [-0.39, 0.29) is 18.2 Å². The lowest BCUT2D eigenvalue weighted by Crippen LogP contribution is -2.35. The van der Waals surface area contributed by atoms with E-state index in [9.17, 15) is 9.59 Å². The van der Waals surface area contributed by atoms with Crippen LogP contribution in [0.15, 0.2) is 48.7 Å². The number of carbonyl (C=O) groups excluding carboxylic acids is 2. The maximum Gasteiger partial charge on any atom is 0.249 e. The number of halogens is 1. The number of anilines is 2. The van der Waals surface area contributed by atoms with Crippen molar-refractivity contribution in [3.8, 4) is 22.6 Å². The number of hydrogen-bond donors (Lipinski definition) is 2. The summed E-state index contributed by atoms with van der Waals surface area (Å²) in [5.41, 5.74) is 2.01. The van der Waals surface area contributed by atoms with Crippen molar-refractivity contribution in [3.63, 3.8) is 0 Å². The third kappa shape index (κ3) is 3.69. The van der Waals surface area contributed by atoms with Crippen molar-refractivity contribution >= 4 is 34.9 Å². The number of aromatic nitrogens is 2. The van der Waals surface area contributed by atoms with Crippen LogP contribution >= 0.6 is 11.6 Å². The van der Waals surface area contributed by atoms with Crippen LogP contribution in [0, 0.1) is 0 Å². The van der Waals surface area contributed by atoms with Gasteiger partial charge in [0.05, 0.1) is 32.5 Å². The summed E-state index contributed by atoms with van der Waals surface area (Å²) < 4.78 is 12.0. The van der Waals surface area contributed by atoms with Crippen LogP contribution < -0.4 is 20.1 Å². The fraction of sp³-hybridized carbons (Fsp3) is 0.190. The average Bonchev–Trinajstić information content (AvgIpc) is 3.17. The Morgan fingerprint density at radius 1 is 1.20 bits per heavy atom. The lowest BCUT2D eigenvalue weighted by molar-refractivity contribution is -0.125. The van der Waals surface area contributed by atoms with E-state index in [1.807, 2.05) is 12.1 Å². The number of carbonyl (C=O) groups is 2. The van der Waals surface area contributed by atoms with E-state index in [0.29, 0.717) is 33.6 Å². The van der Waals surface area contributed by atoms with E-state index in [4.69, 9.17) is 21.1 Å². The zero-order valence-corrected chi connectivity index (χ0v) is 17.1. The lowest BCUT2D eigenvalue weighted by Gasteiger charge is -2.25. The first-order valence-corrected chi connectivity index (χ1v) is 9.54. The van der Waals surface area contributed by atoms with Crippen LogP contribution in [0.1, 0.15) is 12.5 Å². The molecule has 0 radical (unpaired) electrons. The van der Waals surface area contributed by atoms with E-state index in [2.05, 4.69) is 15.7 Å². The summed E-state index contributed by atoms with van der Waals surface area (Å²) in [6.45, 7) is 0. The van der Waals surface area contributed by atoms with Crippen molar-refractivity contribution < 1.29 is 19.1 Å². The Morgan fingerprint density at radius 2 is 1.97 bits per heavy atom. The molecular formula is C21H19ClN4O4. The Hall–Kier alpha value is -3.52. The Balaban J connectivity index is 1.64. The van der Waals surface area contributed by atoms with Gasteiger partial charge < -0.3 is 20.1 Å². The molecule has 2 amide bonds. The van der Waals surface area contributed by atoms with Crippen LogP contribution in [-0.2, 0) is 9.59 Å². The van der Waals surface area contributed by atoms with Crippen molar-refractivity contribution in [2.75, 3.05) is 24.9 Å². The number of fused-ring (bicyclic) bond motifs is 1. The molecule has 0 unspecified atom stereocenters.